The largest absolute Gasteiger partial charge is 0.492 e. The van der Waals surface area contributed by atoms with Crippen molar-refractivity contribution in [3.8, 4) is 18.1 Å². The number of nitrogens with one attached hydrogen (secondary N) is 2. The fourth-order valence-corrected chi connectivity index (χ4v) is 4.41. The number of nitrogens with two attached hydrogens (primary N) is 1. The van der Waals surface area contributed by atoms with Gasteiger partial charge in [0.05, 0.1) is 24.5 Å². The number of fused-ring (bicyclic) bond motifs is 2. The van der Waals surface area contributed by atoms with Gasteiger partial charge in [-0.2, -0.15) is 23.2 Å². The van der Waals surface area contributed by atoms with E-state index in [1.54, 1.807) is 42.5 Å². The van der Waals surface area contributed by atoms with E-state index in [0.717, 1.165) is 25.8 Å². The monoisotopic (exact) mass is 693 g/mol. The third kappa shape index (κ3) is 15.7. The quantitative estimate of drug-likeness (QED) is 0.140. The molecule has 260 valence electrons. The smallest absolute Gasteiger partial charge is 0.422 e. The number of carbonyl (C=O) groups is 2. The van der Waals surface area contributed by atoms with E-state index in [2.05, 4.69) is 61.4 Å². The first-order valence-corrected chi connectivity index (χ1v) is 14.9. The third-order valence-electron chi connectivity index (χ3n) is 6.16. The first kappa shape index (κ1) is 39.4. The van der Waals surface area contributed by atoms with Gasteiger partial charge in [-0.15, -0.1) is 6.42 Å². The van der Waals surface area contributed by atoms with Crippen LogP contribution < -0.4 is 21.1 Å². The lowest BCUT2D eigenvalue weighted by molar-refractivity contribution is -0.156. The van der Waals surface area contributed by atoms with Crippen molar-refractivity contribution < 1.29 is 37.0 Å². The Labute approximate surface area is 282 Å². The molecule has 3 aliphatic heterocycles. The minimum atomic E-state index is -4.61. The average molecular weight is 694 g/mol. The lowest BCUT2D eigenvalue weighted by Gasteiger charge is -2.30. The molecule has 0 unspecified atom stereocenters. The predicted octanol–water partition coefficient (Wildman–Crippen LogP) is 4.49. The van der Waals surface area contributed by atoms with Crippen LogP contribution in [0.1, 0.15) is 36.2 Å². The Morgan fingerprint density at radius 3 is 2.60 bits per heavy atom. The van der Waals surface area contributed by atoms with Crippen LogP contribution in [0.25, 0.3) is 0 Å². The molecule has 5 rings (SSSR count). The van der Waals surface area contributed by atoms with Gasteiger partial charge in [0.15, 0.2) is 13.2 Å². The molecule has 2 aromatic rings. The molecule has 0 saturated carbocycles. The molecule has 0 aromatic heterocycles. The fraction of sp³-hybridized carbons (Fsp3) is 0.406. The highest BCUT2D eigenvalue weighted by Crippen LogP contribution is 2.26. The van der Waals surface area contributed by atoms with Crippen LogP contribution in [0.4, 0.5) is 18.9 Å². The van der Waals surface area contributed by atoms with Gasteiger partial charge in [-0.05, 0) is 60.8 Å². The van der Waals surface area contributed by atoms with Gasteiger partial charge in [0.1, 0.15) is 5.75 Å². The lowest BCUT2D eigenvalue weighted by Crippen LogP contribution is -2.41. The number of anilines is 1. The second kappa shape index (κ2) is 19.8. The van der Waals surface area contributed by atoms with E-state index in [1.807, 2.05) is 7.05 Å². The highest BCUT2D eigenvalue weighted by Gasteiger charge is 2.29. The number of nitrogens with zero attached hydrogens (tertiary/aromatic N) is 4. The van der Waals surface area contributed by atoms with Crippen molar-refractivity contribution in [1.29, 1.82) is 0 Å². The molecular formula is C32H39ClF3N7O5. The maximum atomic E-state index is 12.8. The summed E-state index contributed by atoms with van der Waals surface area (Å²) < 4.78 is 52.9. The fourth-order valence-electron chi connectivity index (χ4n) is 4.15. The van der Waals surface area contributed by atoms with E-state index in [4.69, 9.17) is 26.8 Å². The number of ether oxygens (including phenoxy) is 3. The lowest BCUT2D eigenvalue weighted by atomic mass is 9.92. The summed E-state index contributed by atoms with van der Waals surface area (Å²) in [6, 6.07) is 11.0. The Morgan fingerprint density at radius 1 is 1.27 bits per heavy atom. The van der Waals surface area contributed by atoms with E-state index in [-0.39, 0.29) is 30.4 Å². The number of alkyl halides is 3. The Bertz CT molecular complexity index is 1480. The van der Waals surface area contributed by atoms with Gasteiger partial charge in [-0.25, -0.2) is 4.99 Å². The normalized spacial score (nSPS) is 16.4. The highest BCUT2D eigenvalue weighted by molar-refractivity contribution is 6.32. The third-order valence-corrected chi connectivity index (χ3v) is 6.46. The second-order valence-corrected chi connectivity index (χ2v) is 11.5. The van der Waals surface area contributed by atoms with Crippen LogP contribution in [-0.2, 0) is 20.8 Å². The molecule has 4 bridgehead atoms. The van der Waals surface area contributed by atoms with E-state index >= 15 is 0 Å². The zero-order chi connectivity index (χ0) is 35.6. The second-order valence-electron chi connectivity index (χ2n) is 11.1. The van der Waals surface area contributed by atoms with Gasteiger partial charge in [0.25, 0.3) is 12.4 Å². The molecule has 12 nitrogen and oxygen atoms in total. The van der Waals surface area contributed by atoms with Crippen molar-refractivity contribution in [2.75, 3.05) is 51.8 Å². The zero-order valence-corrected chi connectivity index (χ0v) is 27.6. The number of benzene rings is 2. The number of amides is 1. The molecule has 0 spiro atoms. The average Bonchev–Trinajstić information content (AvgIpc) is 3.03. The van der Waals surface area contributed by atoms with Gasteiger partial charge >= 0.3 is 12.2 Å². The van der Waals surface area contributed by atoms with E-state index in [1.165, 1.54) is 0 Å². The molecule has 0 aliphatic carbocycles. The number of aliphatic imine (C=N–C) groups is 3. The molecule has 3 heterocycles. The van der Waals surface area contributed by atoms with Crippen LogP contribution >= 0.6 is 11.6 Å². The first-order chi connectivity index (χ1) is 22.7. The van der Waals surface area contributed by atoms with Gasteiger partial charge < -0.3 is 35.5 Å². The Kier molecular flexibility index (Phi) is 16.2. The highest BCUT2D eigenvalue weighted by atomic mass is 35.5. The maximum absolute atomic E-state index is 12.8. The van der Waals surface area contributed by atoms with E-state index in [0.29, 0.717) is 47.2 Å². The van der Waals surface area contributed by atoms with Crippen LogP contribution in [0.2, 0.25) is 5.02 Å². The first-order valence-electron chi connectivity index (χ1n) is 14.6. The van der Waals surface area contributed by atoms with Crippen LogP contribution in [0.15, 0.2) is 57.4 Å². The number of guanidine groups is 1. The van der Waals surface area contributed by atoms with Gasteiger partial charge in [0.2, 0.25) is 5.96 Å². The van der Waals surface area contributed by atoms with Crippen molar-refractivity contribution in [3.05, 3.63) is 58.6 Å². The molecule has 2 aromatic carbocycles. The van der Waals surface area contributed by atoms with E-state index in [9.17, 15) is 22.8 Å². The van der Waals surface area contributed by atoms with Gasteiger partial charge in [0, 0.05) is 30.9 Å². The summed E-state index contributed by atoms with van der Waals surface area (Å²) >= 11 is 6.44. The number of rotatable bonds is 3. The van der Waals surface area contributed by atoms with Crippen molar-refractivity contribution in [2.45, 2.75) is 33.0 Å². The van der Waals surface area contributed by atoms with Crippen molar-refractivity contribution in [2.24, 2.45) is 26.1 Å². The maximum Gasteiger partial charge on any atom is 0.422 e. The SMILES string of the molecule is C#CCOC=O.CN1CCCOc2ccc(cc2Cl)CN=C(/N=C(\N=C\N)OCC(F)(F)F)Nc2ccc(cc2)C(=O)NCC(C)(C)C1. The predicted molar refractivity (Wildman–Crippen MR) is 179 cm³/mol. The topological polar surface area (TPSA) is 152 Å². The van der Waals surface area contributed by atoms with Gasteiger partial charge in [-0.3, -0.25) is 9.59 Å². The molecular weight excluding hydrogens is 655 g/mol. The molecule has 3 aliphatic rings. The van der Waals surface area contributed by atoms with Crippen LogP contribution in [0.5, 0.6) is 5.75 Å². The standard InChI is InChI=1S/C28H35ClF3N7O3.C4H4O2/c1-27(2)15-35-24(40)20-6-8-21(9-7-20)37-25(38-26(36-18-33)42-17-28(30,31)32)34-14-19-5-10-23(22(29)13-19)41-12-4-11-39(3)16-27;1-2-3-6-4-5/h5-10,13,18H,4,11-12,14-17H2,1-3H3,(H,35,40)(H3,33,34,36,37,38);1,4H,3H2. The molecule has 0 saturated heterocycles. The van der Waals surface area contributed by atoms with Crippen LogP contribution in [0.3, 0.4) is 0 Å². The van der Waals surface area contributed by atoms with Crippen molar-refractivity contribution in [3.63, 3.8) is 0 Å². The number of amidine groups is 1. The summed E-state index contributed by atoms with van der Waals surface area (Å²) in [5.41, 5.74) is 6.68. The molecule has 4 N–H and O–H groups in total. The summed E-state index contributed by atoms with van der Waals surface area (Å²) in [4.78, 5) is 36.2. The molecule has 16 heteroatoms. The molecule has 0 atom stereocenters. The Balaban J connectivity index is 0.00000122. The van der Waals surface area contributed by atoms with Crippen LogP contribution in [-0.4, -0.2) is 88.3 Å². The zero-order valence-electron chi connectivity index (χ0n) is 26.8. The number of hydrogen-bond donors (Lipinski definition) is 3. The summed E-state index contributed by atoms with van der Waals surface area (Å²) in [5, 5.41) is 6.30. The van der Waals surface area contributed by atoms with Crippen molar-refractivity contribution in [1.82, 2.24) is 10.2 Å². The van der Waals surface area contributed by atoms with Gasteiger partial charge in [-0.1, -0.05) is 37.4 Å². The number of carbonyl (C=O) groups excluding carboxylic acids is 2. The molecule has 48 heavy (non-hydrogen) atoms. The molecule has 0 fully saturated rings. The van der Waals surface area contributed by atoms with E-state index < -0.39 is 18.8 Å². The number of hydrogen-bond acceptors (Lipinski definition) is 9. The summed E-state index contributed by atoms with van der Waals surface area (Å²) in [5.74, 6) is 2.29. The summed E-state index contributed by atoms with van der Waals surface area (Å²) in [6.45, 7) is 5.47. The molecule has 1 amide bonds. The minimum Gasteiger partial charge on any atom is -0.492 e. The Morgan fingerprint density at radius 2 is 2.00 bits per heavy atom. The van der Waals surface area contributed by atoms with Crippen LogP contribution in [0, 0.1) is 17.8 Å². The summed E-state index contributed by atoms with van der Waals surface area (Å²) in [7, 11) is 2.03. The number of terminal acetylenes is 1. The number of halogens is 4. The minimum absolute atomic E-state index is 0.0613. The summed E-state index contributed by atoms with van der Waals surface area (Å²) in [6.07, 6.45) is 1.60. The van der Waals surface area contributed by atoms with Crippen molar-refractivity contribution >= 4 is 48.0 Å². The Hall–Kier alpha value is -4.81. The molecule has 0 radical (unpaired) electrons.